The van der Waals surface area contributed by atoms with Crippen molar-refractivity contribution in [3.05, 3.63) is 71.8 Å². The summed E-state index contributed by atoms with van der Waals surface area (Å²) in [6, 6.07) is 16.7. The van der Waals surface area contributed by atoms with E-state index in [0.29, 0.717) is 29.4 Å². The lowest BCUT2D eigenvalue weighted by molar-refractivity contribution is -0.274. The first kappa shape index (κ1) is 26.8. The quantitative estimate of drug-likeness (QED) is 0.410. The molecule has 2 aromatic carbocycles. The number of piperidine rings is 1. The van der Waals surface area contributed by atoms with E-state index >= 15 is 0 Å². The zero-order chi connectivity index (χ0) is 26.8. The van der Waals surface area contributed by atoms with Gasteiger partial charge < -0.3 is 15.0 Å². The van der Waals surface area contributed by atoms with Crippen LogP contribution in [0.1, 0.15) is 56.6 Å². The summed E-state index contributed by atoms with van der Waals surface area (Å²) in [4.78, 5) is 16.2. The second-order valence-electron chi connectivity index (χ2n) is 11.4. The molecule has 0 spiro atoms. The Kier molecular flexibility index (Phi) is 7.85. The lowest BCUT2D eigenvalue weighted by Gasteiger charge is -2.40. The predicted octanol–water partition coefficient (Wildman–Crippen LogP) is 6.82. The van der Waals surface area contributed by atoms with Gasteiger partial charge in [0.05, 0.1) is 5.41 Å². The molecule has 4 atom stereocenters. The smallest absolute Gasteiger partial charge is 0.406 e. The summed E-state index contributed by atoms with van der Waals surface area (Å²) in [5.41, 5.74) is 1.47. The molecule has 204 valence electrons. The van der Waals surface area contributed by atoms with E-state index in [4.69, 9.17) is 0 Å². The van der Waals surface area contributed by atoms with Gasteiger partial charge in [-0.2, -0.15) is 0 Å². The number of rotatable bonds is 8. The molecule has 1 amide bonds. The van der Waals surface area contributed by atoms with E-state index in [1.54, 1.807) is 6.07 Å². The molecular weight excluding hydrogens is 489 g/mol. The van der Waals surface area contributed by atoms with Crippen LogP contribution in [0.2, 0.25) is 0 Å². The van der Waals surface area contributed by atoms with Crippen LogP contribution >= 0.6 is 0 Å². The van der Waals surface area contributed by atoms with Crippen LogP contribution in [0.25, 0.3) is 6.08 Å². The Morgan fingerprint density at radius 2 is 1.89 bits per heavy atom. The zero-order valence-electron chi connectivity index (χ0n) is 21.9. The van der Waals surface area contributed by atoms with Crippen molar-refractivity contribution in [2.75, 3.05) is 13.1 Å². The van der Waals surface area contributed by atoms with Gasteiger partial charge >= 0.3 is 6.36 Å². The summed E-state index contributed by atoms with van der Waals surface area (Å²) in [6.07, 6.45) is 5.93. The van der Waals surface area contributed by atoms with Crippen molar-refractivity contribution in [1.29, 1.82) is 0 Å². The monoisotopic (exact) mass is 526 g/mol. The molecular formula is C31H37F3N2O2. The zero-order valence-corrected chi connectivity index (χ0v) is 21.9. The molecule has 1 heterocycles. The van der Waals surface area contributed by atoms with E-state index < -0.39 is 6.36 Å². The van der Waals surface area contributed by atoms with E-state index in [-0.39, 0.29) is 23.6 Å². The molecule has 1 saturated heterocycles. The molecule has 5 rings (SSSR count). The highest BCUT2D eigenvalue weighted by Gasteiger charge is 2.55. The standard InChI is InChI=1S/C31H37F3N2O2/c1-22-21-36(17-15-25(22)11-10-23-6-3-2-4-7-23)27-14-16-30(19-27,26-12-13-26)29(37)35-20-24-8-5-9-28(18-24)38-31(32,33)34/h2-11,18,22,25-27H,12-17,19-21H2,1H3,(H,35,37)/b11-10-/t22-,25+,27?,30?/m0/s1. The van der Waals surface area contributed by atoms with Crippen LogP contribution in [-0.2, 0) is 11.3 Å². The highest BCUT2D eigenvalue weighted by molar-refractivity contribution is 5.84. The van der Waals surface area contributed by atoms with Crippen molar-refractivity contribution in [2.45, 2.75) is 64.4 Å². The van der Waals surface area contributed by atoms with E-state index in [1.165, 1.54) is 23.8 Å². The molecule has 7 heteroatoms. The highest BCUT2D eigenvalue weighted by atomic mass is 19.4. The fourth-order valence-corrected chi connectivity index (χ4v) is 6.58. The molecule has 0 bridgehead atoms. The lowest BCUT2D eigenvalue weighted by Crippen LogP contribution is -2.46. The number of alkyl halides is 3. The lowest BCUT2D eigenvalue weighted by atomic mass is 9.79. The molecule has 3 fully saturated rings. The van der Waals surface area contributed by atoms with Gasteiger partial charge in [0.1, 0.15) is 5.75 Å². The Morgan fingerprint density at radius 1 is 1.11 bits per heavy atom. The predicted molar refractivity (Wildman–Crippen MR) is 142 cm³/mol. The van der Waals surface area contributed by atoms with Crippen molar-refractivity contribution < 1.29 is 22.7 Å². The Hall–Kier alpha value is -2.80. The largest absolute Gasteiger partial charge is 0.573 e. The molecule has 0 aromatic heterocycles. The number of nitrogens with zero attached hydrogens (tertiary/aromatic N) is 1. The second-order valence-corrected chi connectivity index (χ2v) is 11.4. The number of halogens is 3. The Balaban J connectivity index is 1.17. The first-order chi connectivity index (χ1) is 18.2. The van der Waals surface area contributed by atoms with Gasteiger partial charge in [-0.15, -0.1) is 13.2 Å². The Morgan fingerprint density at radius 3 is 2.61 bits per heavy atom. The van der Waals surface area contributed by atoms with Gasteiger partial charge in [0.15, 0.2) is 0 Å². The van der Waals surface area contributed by atoms with Crippen LogP contribution in [0.4, 0.5) is 13.2 Å². The first-order valence-electron chi connectivity index (χ1n) is 13.8. The van der Waals surface area contributed by atoms with E-state index in [0.717, 1.165) is 51.6 Å². The molecule has 2 saturated carbocycles. The topological polar surface area (TPSA) is 41.6 Å². The van der Waals surface area contributed by atoms with Crippen LogP contribution in [-0.4, -0.2) is 36.3 Å². The third-order valence-electron chi connectivity index (χ3n) is 8.77. The maximum atomic E-state index is 13.6. The van der Waals surface area contributed by atoms with Crippen molar-refractivity contribution in [1.82, 2.24) is 10.2 Å². The highest BCUT2D eigenvalue weighted by Crippen LogP contribution is 2.56. The normalized spacial score (nSPS) is 28.5. The number of hydrogen-bond acceptors (Lipinski definition) is 3. The van der Waals surface area contributed by atoms with Crippen LogP contribution in [0, 0.1) is 23.2 Å². The van der Waals surface area contributed by atoms with Crippen LogP contribution in [0.3, 0.4) is 0 Å². The number of carbonyl (C=O) groups is 1. The second kappa shape index (κ2) is 11.1. The summed E-state index contributed by atoms with van der Waals surface area (Å²) >= 11 is 0. The molecule has 0 radical (unpaired) electrons. The maximum absolute atomic E-state index is 13.6. The van der Waals surface area contributed by atoms with Crippen molar-refractivity contribution in [3.63, 3.8) is 0 Å². The molecule has 2 aromatic rings. The number of allylic oxidation sites excluding steroid dienone is 1. The molecule has 1 N–H and O–H groups in total. The minimum absolute atomic E-state index is 0.0540. The van der Waals surface area contributed by atoms with Gasteiger partial charge in [-0.05, 0) is 86.1 Å². The molecule has 38 heavy (non-hydrogen) atoms. The van der Waals surface area contributed by atoms with Crippen molar-refractivity contribution in [2.24, 2.45) is 23.2 Å². The minimum Gasteiger partial charge on any atom is -0.406 e. The van der Waals surface area contributed by atoms with Gasteiger partial charge in [-0.1, -0.05) is 61.5 Å². The molecule has 3 aliphatic rings. The van der Waals surface area contributed by atoms with Gasteiger partial charge in [0.25, 0.3) is 0 Å². The maximum Gasteiger partial charge on any atom is 0.573 e. The average Bonchev–Trinajstić information content (AvgIpc) is 3.65. The average molecular weight is 527 g/mol. The van der Waals surface area contributed by atoms with Gasteiger partial charge in [0, 0.05) is 19.1 Å². The summed E-state index contributed by atoms with van der Waals surface area (Å²) in [6.45, 7) is 4.62. The van der Waals surface area contributed by atoms with Crippen molar-refractivity contribution in [3.8, 4) is 5.75 Å². The number of benzene rings is 2. The van der Waals surface area contributed by atoms with Gasteiger partial charge in [-0.3, -0.25) is 4.79 Å². The Labute approximate surface area is 223 Å². The van der Waals surface area contributed by atoms with Crippen molar-refractivity contribution >= 4 is 12.0 Å². The van der Waals surface area contributed by atoms with E-state index in [1.807, 2.05) is 6.07 Å². The third-order valence-corrected chi connectivity index (χ3v) is 8.77. The summed E-state index contributed by atoms with van der Waals surface area (Å²) < 4.78 is 41.8. The SMILES string of the molecule is C[C@H]1CN(C2CCC(C(=O)NCc3cccc(OC(F)(F)F)c3)(C3CC3)C2)CC[C@H]1/C=C\c1ccccc1. The van der Waals surface area contributed by atoms with Crippen LogP contribution in [0.5, 0.6) is 5.75 Å². The first-order valence-corrected chi connectivity index (χ1v) is 13.8. The molecule has 4 nitrogen and oxygen atoms in total. The summed E-state index contributed by atoms with van der Waals surface area (Å²) in [5.74, 6) is 1.31. The minimum atomic E-state index is -4.74. The number of nitrogens with one attached hydrogen (secondary N) is 1. The fraction of sp³-hybridized carbons (Fsp3) is 0.516. The summed E-state index contributed by atoms with van der Waals surface area (Å²) in [7, 11) is 0. The number of amides is 1. The molecule has 2 aliphatic carbocycles. The summed E-state index contributed by atoms with van der Waals surface area (Å²) in [5, 5.41) is 3.06. The number of hydrogen-bond donors (Lipinski definition) is 1. The molecule has 2 unspecified atom stereocenters. The van der Waals surface area contributed by atoms with Gasteiger partial charge in [0.2, 0.25) is 5.91 Å². The van der Waals surface area contributed by atoms with E-state index in [2.05, 4.69) is 58.3 Å². The molecule has 1 aliphatic heterocycles. The van der Waals surface area contributed by atoms with Crippen LogP contribution in [0.15, 0.2) is 60.7 Å². The van der Waals surface area contributed by atoms with E-state index in [9.17, 15) is 18.0 Å². The third kappa shape index (κ3) is 6.42. The fourth-order valence-electron chi connectivity index (χ4n) is 6.58. The van der Waals surface area contributed by atoms with Gasteiger partial charge in [-0.25, -0.2) is 0 Å². The van der Waals surface area contributed by atoms with Crippen LogP contribution < -0.4 is 10.1 Å². The number of carbonyl (C=O) groups excluding carboxylic acids is 1. The number of likely N-dealkylation sites (tertiary alicyclic amines) is 1. The Bertz CT molecular complexity index is 1130. The number of ether oxygens (including phenoxy) is 1.